The highest BCUT2D eigenvalue weighted by Gasteiger charge is 2.24. The van der Waals surface area contributed by atoms with E-state index in [1.807, 2.05) is 19.1 Å². The van der Waals surface area contributed by atoms with Crippen molar-refractivity contribution >= 4 is 16.7 Å². The Morgan fingerprint density at radius 2 is 1.65 bits per heavy atom. The summed E-state index contributed by atoms with van der Waals surface area (Å²) in [7, 11) is 4.45. The van der Waals surface area contributed by atoms with Crippen LogP contribution in [0.25, 0.3) is 10.8 Å². The fourth-order valence-corrected chi connectivity index (χ4v) is 2.37. The Morgan fingerprint density at radius 3 is 2.15 bits per heavy atom. The number of hydrogen-bond acceptors (Lipinski definition) is 4. The van der Waals surface area contributed by atoms with Gasteiger partial charge in [0.1, 0.15) is 22.8 Å². The molecule has 0 heterocycles. The van der Waals surface area contributed by atoms with E-state index in [9.17, 15) is 9.90 Å². The van der Waals surface area contributed by atoms with Crippen molar-refractivity contribution in [2.45, 2.75) is 6.92 Å². The Labute approximate surface area is 116 Å². The van der Waals surface area contributed by atoms with Crippen LogP contribution >= 0.6 is 0 Å². The Bertz CT molecular complexity index is 676. The first-order valence-electron chi connectivity index (χ1n) is 6.00. The lowest BCUT2D eigenvalue weighted by atomic mass is 9.98. The minimum Gasteiger partial charge on any atom is -0.497 e. The monoisotopic (exact) mass is 276 g/mol. The quantitative estimate of drug-likeness (QED) is 0.930. The third kappa shape index (κ3) is 2.01. The minimum atomic E-state index is -1.09. The fraction of sp³-hybridized carbons (Fsp3) is 0.267. The van der Waals surface area contributed by atoms with Crippen molar-refractivity contribution in [3.05, 3.63) is 29.3 Å². The number of aromatic carboxylic acids is 1. The van der Waals surface area contributed by atoms with Gasteiger partial charge in [-0.25, -0.2) is 4.79 Å². The van der Waals surface area contributed by atoms with Gasteiger partial charge in [-0.2, -0.15) is 0 Å². The molecule has 5 nitrogen and oxygen atoms in total. The summed E-state index contributed by atoms with van der Waals surface area (Å²) in [5, 5.41) is 11.0. The topological polar surface area (TPSA) is 65.0 Å². The highest BCUT2D eigenvalue weighted by atomic mass is 16.5. The van der Waals surface area contributed by atoms with E-state index in [1.165, 1.54) is 14.2 Å². The maximum Gasteiger partial charge on any atom is 0.343 e. The van der Waals surface area contributed by atoms with Crippen LogP contribution in [-0.4, -0.2) is 32.4 Å². The number of carbonyl (C=O) groups is 1. The summed E-state index contributed by atoms with van der Waals surface area (Å²) in [6.07, 6.45) is 0. The van der Waals surface area contributed by atoms with Gasteiger partial charge in [0.05, 0.1) is 21.3 Å². The lowest BCUT2D eigenvalue weighted by Crippen LogP contribution is -2.06. The standard InChI is InChI=1S/C15H16O5/c1-8-10-6-5-9(18-2)7-11(10)14(20-4)12(15(16)17)13(8)19-3/h5-7H,1-4H3,(H,16,17). The Kier molecular flexibility index (Phi) is 3.70. The van der Waals surface area contributed by atoms with Crippen LogP contribution in [-0.2, 0) is 0 Å². The summed E-state index contributed by atoms with van der Waals surface area (Å²) in [6.45, 7) is 1.82. The van der Waals surface area contributed by atoms with E-state index in [0.29, 0.717) is 16.9 Å². The van der Waals surface area contributed by atoms with Gasteiger partial charge in [-0.3, -0.25) is 0 Å². The number of ether oxygens (including phenoxy) is 3. The summed E-state index contributed by atoms with van der Waals surface area (Å²) < 4.78 is 15.7. The lowest BCUT2D eigenvalue weighted by Gasteiger charge is -2.17. The van der Waals surface area contributed by atoms with Crippen LogP contribution in [0.5, 0.6) is 17.2 Å². The Hall–Kier alpha value is -2.43. The smallest absolute Gasteiger partial charge is 0.343 e. The number of carboxylic acids is 1. The van der Waals surface area contributed by atoms with Gasteiger partial charge < -0.3 is 19.3 Å². The van der Waals surface area contributed by atoms with E-state index in [1.54, 1.807) is 13.2 Å². The maximum absolute atomic E-state index is 11.5. The third-order valence-electron chi connectivity index (χ3n) is 3.29. The van der Waals surface area contributed by atoms with E-state index < -0.39 is 5.97 Å². The number of methoxy groups -OCH3 is 3. The zero-order valence-corrected chi connectivity index (χ0v) is 11.8. The first kappa shape index (κ1) is 14.0. The zero-order chi connectivity index (χ0) is 14.9. The molecule has 2 aromatic carbocycles. The van der Waals surface area contributed by atoms with Gasteiger partial charge in [-0.1, -0.05) is 6.07 Å². The molecule has 0 saturated heterocycles. The predicted octanol–water partition coefficient (Wildman–Crippen LogP) is 2.87. The van der Waals surface area contributed by atoms with Crippen LogP contribution in [0.1, 0.15) is 15.9 Å². The molecule has 20 heavy (non-hydrogen) atoms. The van der Waals surface area contributed by atoms with Crippen LogP contribution in [0, 0.1) is 6.92 Å². The van der Waals surface area contributed by atoms with Gasteiger partial charge in [0.15, 0.2) is 0 Å². The van der Waals surface area contributed by atoms with Crippen LogP contribution in [0.15, 0.2) is 18.2 Å². The molecule has 2 aromatic rings. The fourth-order valence-electron chi connectivity index (χ4n) is 2.37. The third-order valence-corrected chi connectivity index (χ3v) is 3.29. The molecule has 0 aliphatic rings. The van der Waals surface area contributed by atoms with Crippen molar-refractivity contribution in [3.63, 3.8) is 0 Å². The molecule has 0 aliphatic heterocycles. The summed E-state index contributed by atoms with van der Waals surface area (Å²) in [4.78, 5) is 11.5. The molecule has 0 saturated carbocycles. The molecule has 0 radical (unpaired) electrons. The van der Waals surface area contributed by atoms with Crippen molar-refractivity contribution in [2.75, 3.05) is 21.3 Å². The minimum absolute atomic E-state index is 0.0215. The van der Waals surface area contributed by atoms with Crippen molar-refractivity contribution in [1.29, 1.82) is 0 Å². The largest absolute Gasteiger partial charge is 0.497 e. The van der Waals surface area contributed by atoms with Crippen LogP contribution in [0.2, 0.25) is 0 Å². The van der Waals surface area contributed by atoms with Crippen molar-refractivity contribution in [1.82, 2.24) is 0 Å². The molecule has 0 atom stereocenters. The first-order valence-corrected chi connectivity index (χ1v) is 6.00. The van der Waals surface area contributed by atoms with Crippen LogP contribution in [0.3, 0.4) is 0 Å². The summed E-state index contributed by atoms with van der Waals surface area (Å²) in [5.74, 6) is 0.129. The van der Waals surface area contributed by atoms with Gasteiger partial charge in [0.25, 0.3) is 0 Å². The molecular weight excluding hydrogens is 260 g/mol. The molecule has 0 amide bonds. The summed E-state index contributed by atoms with van der Waals surface area (Å²) >= 11 is 0. The molecule has 0 aliphatic carbocycles. The molecule has 2 rings (SSSR count). The lowest BCUT2D eigenvalue weighted by molar-refractivity contribution is 0.0689. The van der Waals surface area contributed by atoms with Crippen LogP contribution < -0.4 is 14.2 Å². The van der Waals surface area contributed by atoms with E-state index in [4.69, 9.17) is 14.2 Å². The molecule has 106 valence electrons. The average molecular weight is 276 g/mol. The van der Waals surface area contributed by atoms with E-state index in [0.717, 1.165) is 10.9 Å². The molecule has 0 unspecified atom stereocenters. The first-order chi connectivity index (χ1) is 9.54. The molecule has 0 spiro atoms. The maximum atomic E-state index is 11.5. The molecule has 0 fully saturated rings. The number of fused-ring (bicyclic) bond motifs is 1. The van der Waals surface area contributed by atoms with Gasteiger partial charge in [-0.05, 0) is 24.4 Å². The molecule has 5 heteroatoms. The number of aryl methyl sites for hydroxylation is 1. The van der Waals surface area contributed by atoms with E-state index in [2.05, 4.69) is 0 Å². The Morgan fingerprint density at radius 1 is 1.00 bits per heavy atom. The molecule has 1 N–H and O–H groups in total. The number of carboxylic acid groups (broad SMARTS) is 1. The van der Waals surface area contributed by atoms with Gasteiger partial charge >= 0.3 is 5.97 Å². The van der Waals surface area contributed by atoms with E-state index >= 15 is 0 Å². The highest BCUT2D eigenvalue weighted by molar-refractivity contribution is 6.05. The molecule has 0 bridgehead atoms. The SMILES string of the molecule is COc1ccc2c(C)c(OC)c(C(=O)O)c(OC)c2c1. The average Bonchev–Trinajstić information content (AvgIpc) is 2.46. The summed E-state index contributed by atoms with van der Waals surface area (Å²) in [6, 6.07) is 5.43. The molecule has 0 aromatic heterocycles. The number of rotatable bonds is 4. The number of benzene rings is 2. The van der Waals surface area contributed by atoms with Crippen molar-refractivity contribution in [3.8, 4) is 17.2 Å². The zero-order valence-electron chi connectivity index (χ0n) is 11.8. The van der Waals surface area contributed by atoms with Gasteiger partial charge in [-0.15, -0.1) is 0 Å². The highest BCUT2D eigenvalue weighted by Crippen LogP contribution is 2.41. The molecular formula is C15H16O5. The second kappa shape index (κ2) is 5.28. The van der Waals surface area contributed by atoms with Gasteiger partial charge in [0.2, 0.25) is 0 Å². The predicted molar refractivity (Wildman–Crippen MR) is 75.3 cm³/mol. The summed E-state index contributed by atoms with van der Waals surface area (Å²) in [5.41, 5.74) is 0.775. The van der Waals surface area contributed by atoms with E-state index in [-0.39, 0.29) is 11.3 Å². The van der Waals surface area contributed by atoms with Crippen molar-refractivity contribution < 1.29 is 24.1 Å². The number of hydrogen-bond donors (Lipinski definition) is 1. The van der Waals surface area contributed by atoms with Crippen molar-refractivity contribution in [2.24, 2.45) is 0 Å². The van der Waals surface area contributed by atoms with Crippen LogP contribution in [0.4, 0.5) is 0 Å². The second-order valence-corrected chi connectivity index (χ2v) is 4.28. The normalized spacial score (nSPS) is 10.4. The second-order valence-electron chi connectivity index (χ2n) is 4.28. The Balaban J connectivity index is 2.98. The van der Waals surface area contributed by atoms with Gasteiger partial charge in [0, 0.05) is 10.9 Å².